The topological polar surface area (TPSA) is 53.3 Å². The largest absolute Gasteiger partial charge is 0.469 e. The van der Waals surface area contributed by atoms with Gasteiger partial charge >= 0.3 is 5.97 Å². The van der Waals surface area contributed by atoms with E-state index in [4.69, 9.17) is 10.00 Å². The van der Waals surface area contributed by atoms with E-state index in [9.17, 15) is 9.18 Å². The number of hydrogen-bond donors (Lipinski definition) is 0. The van der Waals surface area contributed by atoms with Gasteiger partial charge < -0.3 is 4.74 Å². The second kappa shape index (κ2) is 6.49. The molecule has 1 aliphatic heterocycles. The molecule has 1 aromatic rings. The quantitative estimate of drug-likeness (QED) is 0.625. The van der Waals surface area contributed by atoms with Crippen molar-refractivity contribution in [3.05, 3.63) is 35.6 Å². The van der Waals surface area contributed by atoms with E-state index in [2.05, 4.69) is 6.07 Å². The van der Waals surface area contributed by atoms with Crippen molar-refractivity contribution in [2.45, 2.75) is 12.3 Å². The number of ether oxygens (including phenoxy) is 1. The summed E-state index contributed by atoms with van der Waals surface area (Å²) in [7, 11) is 1.35. The molecule has 0 radical (unpaired) electrons. The fourth-order valence-electron chi connectivity index (χ4n) is 2.79. The normalized spacial score (nSPS) is 23.1. The maximum absolute atomic E-state index is 14.0. The first kappa shape index (κ1) is 14.5. The first-order chi connectivity index (χ1) is 9.67. The number of benzene rings is 1. The van der Waals surface area contributed by atoms with E-state index in [1.54, 1.807) is 18.2 Å². The molecule has 1 saturated heterocycles. The van der Waals surface area contributed by atoms with Crippen LogP contribution in [0.5, 0.6) is 0 Å². The third kappa shape index (κ3) is 2.97. The molecule has 2 atom stereocenters. The minimum atomic E-state index is -0.355. The summed E-state index contributed by atoms with van der Waals surface area (Å²) in [4.78, 5) is 13.8. The molecule has 1 fully saturated rings. The molecule has 0 aromatic heterocycles. The number of nitrogens with zero attached hydrogens (tertiary/aromatic N) is 2. The lowest BCUT2D eigenvalue weighted by Gasteiger charge is -2.36. The van der Waals surface area contributed by atoms with Crippen molar-refractivity contribution in [2.24, 2.45) is 5.92 Å². The molecule has 0 saturated carbocycles. The summed E-state index contributed by atoms with van der Waals surface area (Å²) < 4.78 is 18.8. The van der Waals surface area contributed by atoms with Crippen LogP contribution >= 0.6 is 0 Å². The summed E-state index contributed by atoms with van der Waals surface area (Å²) in [5.74, 6) is -1.25. The summed E-state index contributed by atoms with van der Waals surface area (Å²) in [6.45, 7) is 1.44. The molecule has 0 amide bonds. The predicted molar refractivity (Wildman–Crippen MR) is 71.3 cm³/mol. The minimum Gasteiger partial charge on any atom is -0.469 e. The van der Waals surface area contributed by atoms with Crippen LogP contribution in [0.4, 0.5) is 4.39 Å². The van der Waals surface area contributed by atoms with Crippen molar-refractivity contribution in [1.82, 2.24) is 4.90 Å². The van der Waals surface area contributed by atoms with Gasteiger partial charge in [0.25, 0.3) is 0 Å². The molecule has 2 unspecified atom stereocenters. The Hall–Kier alpha value is -1.93. The van der Waals surface area contributed by atoms with E-state index in [1.807, 2.05) is 4.90 Å². The van der Waals surface area contributed by atoms with Crippen LogP contribution in [0.1, 0.15) is 17.9 Å². The zero-order valence-electron chi connectivity index (χ0n) is 11.4. The molecular weight excluding hydrogens is 259 g/mol. The van der Waals surface area contributed by atoms with Gasteiger partial charge in [0.1, 0.15) is 5.82 Å². The van der Waals surface area contributed by atoms with Crippen LogP contribution < -0.4 is 0 Å². The highest BCUT2D eigenvalue weighted by molar-refractivity contribution is 5.74. The van der Waals surface area contributed by atoms with E-state index in [0.29, 0.717) is 31.6 Å². The monoisotopic (exact) mass is 276 g/mol. The lowest BCUT2D eigenvalue weighted by atomic mass is 9.80. The number of methoxy groups -OCH3 is 1. The van der Waals surface area contributed by atoms with Gasteiger partial charge in [0.2, 0.25) is 0 Å². The standard InChI is InChI=1S/C15H17FN2O2/c1-20-15(19)12-6-8-18(9-7-17)10-13(12)11-4-2-3-5-14(11)16/h2-5,12-13H,6,8-10H2,1H3. The number of nitriles is 1. The maximum atomic E-state index is 14.0. The molecule has 106 valence electrons. The molecule has 1 heterocycles. The zero-order valence-corrected chi connectivity index (χ0v) is 11.4. The number of likely N-dealkylation sites (tertiary alicyclic amines) is 1. The summed E-state index contributed by atoms with van der Waals surface area (Å²) in [5.41, 5.74) is 0.519. The zero-order chi connectivity index (χ0) is 14.5. The smallest absolute Gasteiger partial charge is 0.309 e. The van der Waals surface area contributed by atoms with Gasteiger partial charge in [-0.3, -0.25) is 9.69 Å². The summed E-state index contributed by atoms with van der Waals surface area (Å²) in [5, 5.41) is 8.79. The second-order valence-electron chi connectivity index (χ2n) is 4.94. The molecule has 1 aromatic carbocycles. The summed E-state index contributed by atoms with van der Waals surface area (Å²) >= 11 is 0. The Labute approximate surface area is 117 Å². The number of hydrogen-bond acceptors (Lipinski definition) is 4. The highest BCUT2D eigenvalue weighted by atomic mass is 19.1. The van der Waals surface area contributed by atoms with E-state index < -0.39 is 0 Å². The Morgan fingerprint density at radius 1 is 1.55 bits per heavy atom. The van der Waals surface area contributed by atoms with Crippen LogP contribution in [0.3, 0.4) is 0 Å². The molecule has 2 rings (SSSR count). The van der Waals surface area contributed by atoms with Crippen LogP contribution in [-0.2, 0) is 9.53 Å². The molecule has 0 bridgehead atoms. The van der Waals surface area contributed by atoms with Gasteiger partial charge in [-0.25, -0.2) is 4.39 Å². The number of esters is 1. The highest BCUT2D eigenvalue weighted by Gasteiger charge is 2.36. The van der Waals surface area contributed by atoms with Gasteiger partial charge in [-0.05, 0) is 18.1 Å². The molecule has 1 aliphatic rings. The fraction of sp³-hybridized carbons (Fsp3) is 0.467. The van der Waals surface area contributed by atoms with Crippen LogP contribution in [-0.4, -0.2) is 37.6 Å². The van der Waals surface area contributed by atoms with Crippen molar-refractivity contribution in [3.63, 3.8) is 0 Å². The second-order valence-corrected chi connectivity index (χ2v) is 4.94. The SMILES string of the molecule is COC(=O)C1CCN(CC#N)CC1c1ccccc1F. The minimum absolute atomic E-state index is 0.272. The molecule has 0 N–H and O–H groups in total. The number of piperidine rings is 1. The number of carbonyl (C=O) groups is 1. The maximum Gasteiger partial charge on any atom is 0.309 e. The van der Waals surface area contributed by atoms with Gasteiger partial charge in [-0.2, -0.15) is 5.26 Å². The van der Waals surface area contributed by atoms with Crippen LogP contribution in [0.15, 0.2) is 24.3 Å². The summed E-state index contributed by atoms with van der Waals surface area (Å²) in [6, 6.07) is 8.58. The Morgan fingerprint density at radius 2 is 2.30 bits per heavy atom. The molecule has 5 heteroatoms. The van der Waals surface area contributed by atoms with Gasteiger partial charge in [0, 0.05) is 19.0 Å². The van der Waals surface area contributed by atoms with Gasteiger partial charge in [0.15, 0.2) is 0 Å². The van der Waals surface area contributed by atoms with Gasteiger partial charge in [0.05, 0.1) is 25.6 Å². The lowest BCUT2D eigenvalue weighted by Crippen LogP contribution is -2.42. The first-order valence-electron chi connectivity index (χ1n) is 6.59. The van der Waals surface area contributed by atoms with E-state index in [0.717, 1.165) is 0 Å². The highest BCUT2D eigenvalue weighted by Crippen LogP contribution is 2.34. The lowest BCUT2D eigenvalue weighted by molar-refractivity contribution is -0.147. The molecule has 20 heavy (non-hydrogen) atoms. The molecule has 0 aliphatic carbocycles. The third-order valence-electron chi connectivity index (χ3n) is 3.80. The van der Waals surface area contributed by atoms with Gasteiger partial charge in [-0.15, -0.1) is 0 Å². The summed E-state index contributed by atoms with van der Waals surface area (Å²) in [6.07, 6.45) is 0.577. The fourth-order valence-corrected chi connectivity index (χ4v) is 2.79. The van der Waals surface area contributed by atoms with Crippen molar-refractivity contribution in [3.8, 4) is 6.07 Å². The molecule has 4 nitrogen and oxygen atoms in total. The Balaban J connectivity index is 2.29. The molecular formula is C15H17FN2O2. The van der Waals surface area contributed by atoms with Crippen LogP contribution in [0, 0.1) is 23.1 Å². The third-order valence-corrected chi connectivity index (χ3v) is 3.80. The van der Waals surface area contributed by atoms with Crippen molar-refractivity contribution < 1.29 is 13.9 Å². The van der Waals surface area contributed by atoms with E-state index in [-0.39, 0.29) is 23.6 Å². The first-order valence-corrected chi connectivity index (χ1v) is 6.59. The van der Waals surface area contributed by atoms with E-state index >= 15 is 0 Å². The number of rotatable bonds is 3. The predicted octanol–water partition coefficient (Wildman–Crippen LogP) is 1.93. The van der Waals surface area contributed by atoms with Crippen LogP contribution in [0.2, 0.25) is 0 Å². The van der Waals surface area contributed by atoms with Gasteiger partial charge in [-0.1, -0.05) is 18.2 Å². The van der Waals surface area contributed by atoms with Crippen molar-refractivity contribution >= 4 is 5.97 Å². The van der Waals surface area contributed by atoms with E-state index in [1.165, 1.54) is 13.2 Å². The Kier molecular flexibility index (Phi) is 4.70. The van der Waals surface area contributed by atoms with Crippen molar-refractivity contribution in [2.75, 3.05) is 26.7 Å². The molecule has 0 spiro atoms. The number of carbonyl (C=O) groups excluding carboxylic acids is 1. The Bertz CT molecular complexity index is 527. The van der Waals surface area contributed by atoms with Crippen molar-refractivity contribution in [1.29, 1.82) is 5.26 Å². The van der Waals surface area contributed by atoms with Crippen LogP contribution in [0.25, 0.3) is 0 Å². The average molecular weight is 276 g/mol. The average Bonchev–Trinajstić information content (AvgIpc) is 2.47. The number of halogens is 1. The Morgan fingerprint density at radius 3 is 2.95 bits per heavy atom.